The van der Waals surface area contributed by atoms with Gasteiger partial charge in [0.05, 0.1) is 5.56 Å². The number of hydrogen-bond donors (Lipinski definition) is 2. The van der Waals surface area contributed by atoms with E-state index in [1.807, 2.05) is 0 Å². The first-order chi connectivity index (χ1) is 8.70. The van der Waals surface area contributed by atoms with Crippen molar-refractivity contribution < 1.29 is 9.90 Å². The molecule has 5 nitrogen and oxygen atoms in total. The maximum Gasteiger partial charge on any atom is 0.255 e. The lowest BCUT2D eigenvalue weighted by Crippen LogP contribution is -2.40. The van der Waals surface area contributed by atoms with Crippen molar-refractivity contribution in [2.75, 3.05) is 19.7 Å². The molecule has 18 heavy (non-hydrogen) atoms. The number of hydrogen-bond acceptors (Lipinski definition) is 3. The van der Waals surface area contributed by atoms with E-state index in [-0.39, 0.29) is 18.1 Å². The molecule has 1 fully saturated rings. The third-order valence-electron chi connectivity index (χ3n) is 3.37. The van der Waals surface area contributed by atoms with Crippen LogP contribution in [0.15, 0.2) is 23.1 Å². The molecule has 1 atom stereocenters. The van der Waals surface area contributed by atoms with Crippen LogP contribution in [0.3, 0.4) is 0 Å². The fraction of sp³-hybridized carbons (Fsp3) is 0.538. The van der Waals surface area contributed by atoms with Gasteiger partial charge >= 0.3 is 0 Å². The molecule has 2 heterocycles. The number of amides is 1. The van der Waals surface area contributed by atoms with E-state index in [1.54, 1.807) is 11.0 Å². The number of carbonyl (C=O) groups excluding carboxylic acids is 1. The molecule has 1 aliphatic rings. The third kappa shape index (κ3) is 2.98. The summed E-state index contributed by atoms with van der Waals surface area (Å²) in [6, 6.07) is 2.92. The summed E-state index contributed by atoms with van der Waals surface area (Å²) in [4.78, 5) is 27.5. The zero-order chi connectivity index (χ0) is 13.0. The number of nitrogens with one attached hydrogen (secondary N) is 1. The Kier molecular flexibility index (Phi) is 4.15. The number of aromatic amines is 1. The van der Waals surface area contributed by atoms with Crippen LogP contribution in [-0.4, -0.2) is 40.6 Å². The van der Waals surface area contributed by atoms with Crippen LogP contribution < -0.4 is 5.56 Å². The van der Waals surface area contributed by atoms with Crippen LogP contribution in [0.2, 0.25) is 0 Å². The van der Waals surface area contributed by atoms with Gasteiger partial charge in [0.25, 0.3) is 5.91 Å². The molecule has 1 aliphatic heterocycles. The molecule has 0 radical (unpaired) electrons. The van der Waals surface area contributed by atoms with Gasteiger partial charge in [-0.15, -0.1) is 0 Å². The van der Waals surface area contributed by atoms with E-state index in [4.69, 9.17) is 5.11 Å². The summed E-state index contributed by atoms with van der Waals surface area (Å²) in [5.41, 5.74) is 0.308. The summed E-state index contributed by atoms with van der Waals surface area (Å²) in [5, 5.41) is 8.95. The summed E-state index contributed by atoms with van der Waals surface area (Å²) in [5.74, 6) is 0.337. The maximum atomic E-state index is 12.2. The number of piperidine rings is 1. The van der Waals surface area contributed by atoms with Crippen LogP contribution in [0.25, 0.3) is 0 Å². The molecule has 0 bridgehead atoms. The summed E-state index contributed by atoms with van der Waals surface area (Å²) in [7, 11) is 0. The number of carbonyl (C=O) groups is 1. The number of likely N-dealkylation sites (tertiary alicyclic amines) is 1. The highest BCUT2D eigenvalue weighted by Gasteiger charge is 2.24. The molecule has 1 saturated heterocycles. The lowest BCUT2D eigenvalue weighted by Gasteiger charge is -2.32. The maximum absolute atomic E-state index is 12.2. The van der Waals surface area contributed by atoms with E-state index < -0.39 is 0 Å². The quantitative estimate of drug-likeness (QED) is 0.825. The molecule has 1 unspecified atom stereocenters. The molecular formula is C13H18N2O3. The van der Waals surface area contributed by atoms with Gasteiger partial charge in [0, 0.05) is 32.0 Å². The van der Waals surface area contributed by atoms with Gasteiger partial charge in [0.2, 0.25) is 5.56 Å². The summed E-state index contributed by atoms with van der Waals surface area (Å²) in [6.45, 7) is 1.61. The molecule has 0 spiro atoms. The Balaban J connectivity index is 2.04. The number of aromatic nitrogens is 1. The minimum atomic E-state index is -0.205. The van der Waals surface area contributed by atoms with Crippen LogP contribution >= 0.6 is 0 Å². The molecule has 0 saturated carbocycles. The molecule has 1 aromatic heterocycles. The van der Waals surface area contributed by atoms with E-state index in [2.05, 4.69) is 4.98 Å². The van der Waals surface area contributed by atoms with Gasteiger partial charge in [-0.05, 0) is 31.2 Å². The monoisotopic (exact) mass is 250 g/mol. The van der Waals surface area contributed by atoms with Gasteiger partial charge in [-0.25, -0.2) is 0 Å². The molecular weight excluding hydrogens is 232 g/mol. The number of aliphatic hydroxyl groups is 1. The molecule has 98 valence electrons. The summed E-state index contributed by atoms with van der Waals surface area (Å²) < 4.78 is 0. The Bertz CT molecular complexity index is 447. The molecule has 0 aromatic carbocycles. The van der Waals surface area contributed by atoms with Crippen molar-refractivity contribution in [2.24, 2.45) is 5.92 Å². The van der Waals surface area contributed by atoms with Crippen molar-refractivity contribution >= 4 is 5.91 Å². The highest BCUT2D eigenvalue weighted by molar-refractivity contribution is 5.93. The average molecular weight is 250 g/mol. The van der Waals surface area contributed by atoms with Crippen molar-refractivity contribution in [1.82, 2.24) is 9.88 Å². The van der Waals surface area contributed by atoms with Gasteiger partial charge in [-0.2, -0.15) is 0 Å². The first kappa shape index (κ1) is 12.8. The Hall–Kier alpha value is -1.62. The highest BCUT2D eigenvalue weighted by Crippen LogP contribution is 2.20. The molecule has 1 amide bonds. The van der Waals surface area contributed by atoms with E-state index in [1.165, 1.54) is 12.3 Å². The Labute approximate surface area is 105 Å². The molecule has 5 heteroatoms. The van der Waals surface area contributed by atoms with Gasteiger partial charge in [0.15, 0.2) is 0 Å². The number of pyridine rings is 1. The number of H-pyrrole nitrogens is 1. The number of rotatable bonds is 3. The second kappa shape index (κ2) is 5.82. The van der Waals surface area contributed by atoms with Crippen molar-refractivity contribution in [3.8, 4) is 0 Å². The first-order valence-corrected chi connectivity index (χ1v) is 6.29. The fourth-order valence-corrected chi connectivity index (χ4v) is 2.39. The first-order valence-electron chi connectivity index (χ1n) is 6.29. The standard InChI is InChI=1S/C13H18N2O3/c16-7-5-10-2-1-6-15(9-10)13(18)11-3-4-12(17)14-8-11/h3-4,8,10,16H,1-2,5-7,9H2,(H,14,17). The number of nitrogens with zero attached hydrogens (tertiary/aromatic N) is 1. The zero-order valence-corrected chi connectivity index (χ0v) is 10.3. The SMILES string of the molecule is O=C(c1ccc(=O)[nH]c1)N1CCCC(CCO)C1. The number of aliphatic hydroxyl groups excluding tert-OH is 1. The second-order valence-electron chi connectivity index (χ2n) is 4.71. The van der Waals surface area contributed by atoms with Crippen LogP contribution in [0.5, 0.6) is 0 Å². The van der Waals surface area contributed by atoms with Crippen molar-refractivity contribution in [2.45, 2.75) is 19.3 Å². The molecule has 2 N–H and O–H groups in total. The normalized spacial score (nSPS) is 19.8. The van der Waals surface area contributed by atoms with E-state index in [9.17, 15) is 9.59 Å². The van der Waals surface area contributed by atoms with E-state index in [0.717, 1.165) is 25.8 Å². The van der Waals surface area contributed by atoms with Crippen molar-refractivity contribution in [3.63, 3.8) is 0 Å². The minimum absolute atomic E-state index is 0.0473. The average Bonchev–Trinajstić information content (AvgIpc) is 2.39. The van der Waals surface area contributed by atoms with Gasteiger partial charge in [-0.3, -0.25) is 9.59 Å². The zero-order valence-electron chi connectivity index (χ0n) is 10.3. The molecule has 1 aromatic rings. The predicted molar refractivity (Wildman–Crippen MR) is 67.4 cm³/mol. The Morgan fingerprint density at radius 1 is 1.50 bits per heavy atom. The van der Waals surface area contributed by atoms with Crippen LogP contribution in [-0.2, 0) is 0 Å². The molecule has 0 aliphatic carbocycles. The van der Waals surface area contributed by atoms with Crippen LogP contribution in [0, 0.1) is 5.92 Å². The Morgan fingerprint density at radius 2 is 2.33 bits per heavy atom. The van der Waals surface area contributed by atoms with Crippen molar-refractivity contribution in [3.05, 3.63) is 34.2 Å². The van der Waals surface area contributed by atoms with Gasteiger partial charge in [0.1, 0.15) is 0 Å². The lowest BCUT2D eigenvalue weighted by atomic mass is 9.95. The lowest BCUT2D eigenvalue weighted by molar-refractivity contribution is 0.0653. The minimum Gasteiger partial charge on any atom is -0.396 e. The fourth-order valence-electron chi connectivity index (χ4n) is 2.39. The van der Waals surface area contributed by atoms with E-state index in [0.29, 0.717) is 18.0 Å². The van der Waals surface area contributed by atoms with E-state index >= 15 is 0 Å². The second-order valence-corrected chi connectivity index (χ2v) is 4.71. The molecule has 2 rings (SSSR count). The summed E-state index contributed by atoms with van der Waals surface area (Å²) in [6.07, 6.45) is 4.24. The Morgan fingerprint density at radius 3 is 3.00 bits per heavy atom. The smallest absolute Gasteiger partial charge is 0.255 e. The van der Waals surface area contributed by atoms with Gasteiger partial charge in [-0.1, -0.05) is 0 Å². The van der Waals surface area contributed by atoms with Crippen LogP contribution in [0.1, 0.15) is 29.6 Å². The van der Waals surface area contributed by atoms with Crippen molar-refractivity contribution in [1.29, 1.82) is 0 Å². The predicted octanol–water partition coefficient (Wildman–Crippen LogP) is 0.609. The topological polar surface area (TPSA) is 73.4 Å². The largest absolute Gasteiger partial charge is 0.396 e. The highest BCUT2D eigenvalue weighted by atomic mass is 16.3. The summed E-state index contributed by atoms with van der Waals surface area (Å²) >= 11 is 0. The van der Waals surface area contributed by atoms with Gasteiger partial charge < -0.3 is 15.0 Å². The third-order valence-corrected chi connectivity index (χ3v) is 3.37. The van der Waals surface area contributed by atoms with Crippen LogP contribution in [0.4, 0.5) is 0 Å².